The van der Waals surface area contributed by atoms with Crippen LogP contribution in [0, 0.1) is 0 Å². The Labute approximate surface area is 168 Å². The third-order valence-electron chi connectivity index (χ3n) is 4.42. The molecule has 1 aromatic heterocycles. The first-order chi connectivity index (χ1) is 12.1. The number of hydrogen-bond acceptors (Lipinski definition) is 5. The van der Waals surface area contributed by atoms with E-state index in [9.17, 15) is 8.42 Å². The first kappa shape index (κ1) is 19.5. The molecule has 0 aliphatic carbocycles. The number of hydrogen-bond donors (Lipinski definition) is 1. The van der Waals surface area contributed by atoms with Gasteiger partial charge in [0.15, 0.2) is 0 Å². The lowest BCUT2D eigenvalue weighted by atomic mass is 10.2. The minimum atomic E-state index is -3.60. The van der Waals surface area contributed by atoms with Gasteiger partial charge in [-0.05, 0) is 24.3 Å². The smallest absolute Gasteiger partial charge is 0.208 e. The molecule has 0 unspecified atom stereocenters. The van der Waals surface area contributed by atoms with E-state index in [1.165, 1.54) is 11.3 Å². The van der Waals surface area contributed by atoms with E-state index in [4.69, 9.17) is 11.6 Å². The molecule has 2 aromatic carbocycles. The van der Waals surface area contributed by atoms with Crippen molar-refractivity contribution in [1.82, 2.24) is 5.32 Å². The van der Waals surface area contributed by atoms with Crippen LogP contribution in [0.25, 0.3) is 10.1 Å². The molecule has 1 fully saturated rings. The van der Waals surface area contributed by atoms with E-state index in [0.717, 1.165) is 36.6 Å². The Hall–Kier alpha value is -1.31. The monoisotopic (exact) mass is 428 g/mol. The van der Waals surface area contributed by atoms with E-state index in [0.29, 0.717) is 20.2 Å². The fraction of sp³-hybridized carbons (Fsp3) is 0.222. The van der Waals surface area contributed by atoms with Crippen LogP contribution in [-0.2, 0) is 9.84 Å². The summed E-state index contributed by atoms with van der Waals surface area (Å²) in [7, 11) is -3.60. The van der Waals surface area contributed by atoms with Crippen LogP contribution in [0.2, 0.25) is 5.02 Å². The number of fused-ring (bicyclic) bond motifs is 1. The van der Waals surface area contributed by atoms with E-state index in [-0.39, 0.29) is 12.4 Å². The van der Waals surface area contributed by atoms with Crippen molar-refractivity contribution in [2.45, 2.75) is 9.79 Å². The largest absolute Gasteiger partial charge is 0.368 e. The average molecular weight is 429 g/mol. The number of sulfone groups is 1. The van der Waals surface area contributed by atoms with Crippen LogP contribution in [0.1, 0.15) is 0 Å². The summed E-state index contributed by atoms with van der Waals surface area (Å²) in [6, 6.07) is 12.3. The maximum Gasteiger partial charge on any atom is 0.208 e. The van der Waals surface area contributed by atoms with Crippen molar-refractivity contribution in [3.63, 3.8) is 0 Å². The second-order valence-electron chi connectivity index (χ2n) is 5.92. The van der Waals surface area contributed by atoms with Gasteiger partial charge in [0.1, 0.15) is 0 Å². The molecule has 0 bridgehead atoms. The first-order valence-electron chi connectivity index (χ1n) is 8.04. The molecule has 4 rings (SSSR count). The van der Waals surface area contributed by atoms with Crippen molar-refractivity contribution in [2.75, 3.05) is 31.1 Å². The van der Waals surface area contributed by atoms with Gasteiger partial charge in [0, 0.05) is 36.9 Å². The van der Waals surface area contributed by atoms with Gasteiger partial charge in [0.25, 0.3) is 0 Å². The Morgan fingerprint density at radius 3 is 2.42 bits per heavy atom. The number of nitrogens with one attached hydrogen (secondary N) is 1. The minimum absolute atomic E-state index is 0. The highest BCUT2D eigenvalue weighted by Crippen LogP contribution is 2.42. The highest BCUT2D eigenvalue weighted by molar-refractivity contribution is 7.92. The SMILES string of the molecule is Cl.O=S(=O)(c1ccccc1)c1csc2c(N3CCNCC3)ccc(Cl)c12. The lowest BCUT2D eigenvalue weighted by Crippen LogP contribution is -2.43. The third kappa shape index (κ3) is 3.32. The summed E-state index contributed by atoms with van der Waals surface area (Å²) in [4.78, 5) is 2.86. The average Bonchev–Trinajstić information content (AvgIpc) is 3.10. The van der Waals surface area contributed by atoms with Crippen molar-refractivity contribution in [2.24, 2.45) is 0 Å². The van der Waals surface area contributed by atoms with Crippen LogP contribution in [0.3, 0.4) is 0 Å². The summed E-state index contributed by atoms with van der Waals surface area (Å²) in [5, 5.41) is 6.16. The van der Waals surface area contributed by atoms with Crippen LogP contribution < -0.4 is 10.2 Å². The summed E-state index contributed by atoms with van der Waals surface area (Å²) < 4.78 is 27.1. The molecule has 8 heteroatoms. The van der Waals surface area contributed by atoms with E-state index in [2.05, 4.69) is 10.2 Å². The molecule has 26 heavy (non-hydrogen) atoms. The lowest BCUT2D eigenvalue weighted by Gasteiger charge is -2.30. The minimum Gasteiger partial charge on any atom is -0.368 e. The molecule has 0 amide bonds. The molecule has 2 heterocycles. The van der Waals surface area contributed by atoms with Gasteiger partial charge in [-0.2, -0.15) is 0 Å². The summed E-state index contributed by atoms with van der Waals surface area (Å²) in [6.45, 7) is 3.64. The molecular formula is C18H18Cl2N2O2S2. The molecule has 0 atom stereocenters. The number of nitrogens with zero attached hydrogens (tertiary/aromatic N) is 1. The molecule has 4 nitrogen and oxygen atoms in total. The van der Waals surface area contributed by atoms with E-state index < -0.39 is 9.84 Å². The van der Waals surface area contributed by atoms with Crippen LogP contribution in [0.4, 0.5) is 5.69 Å². The van der Waals surface area contributed by atoms with Crippen molar-refractivity contribution in [1.29, 1.82) is 0 Å². The normalized spacial score (nSPS) is 15.0. The van der Waals surface area contributed by atoms with Crippen molar-refractivity contribution < 1.29 is 8.42 Å². The number of piperazine rings is 1. The lowest BCUT2D eigenvalue weighted by molar-refractivity contribution is 0.590. The van der Waals surface area contributed by atoms with Gasteiger partial charge in [0.05, 0.1) is 25.2 Å². The first-order valence-corrected chi connectivity index (χ1v) is 10.8. The zero-order valence-corrected chi connectivity index (χ0v) is 17.0. The molecule has 1 saturated heterocycles. The fourth-order valence-corrected chi connectivity index (χ4v) is 6.48. The standard InChI is InChI=1S/C18H17ClN2O2S2.ClH/c19-14-6-7-15(21-10-8-20-9-11-21)18-17(14)16(12-24-18)25(22,23)13-4-2-1-3-5-13;/h1-7,12,20H,8-11H2;1H. The number of anilines is 1. The Bertz CT molecular complexity index is 1010. The predicted molar refractivity (Wildman–Crippen MR) is 111 cm³/mol. The Morgan fingerprint density at radius 2 is 1.73 bits per heavy atom. The predicted octanol–water partition coefficient (Wildman–Crippen LogP) is 4.22. The van der Waals surface area contributed by atoms with Crippen molar-refractivity contribution >= 4 is 61.0 Å². The molecule has 1 aliphatic rings. The second kappa shape index (κ2) is 7.74. The zero-order valence-electron chi connectivity index (χ0n) is 13.8. The summed E-state index contributed by atoms with van der Waals surface area (Å²) in [6.07, 6.45) is 0. The maximum atomic E-state index is 13.1. The number of thiophene rings is 1. The molecular weight excluding hydrogens is 411 g/mol. The Morgan fingerprint density at radius 1 is 1.04 bits per heavy atom. The van der Waals surface area contributed by atoms with Gasteiger partial charge >= 0.3 is 0 Å². The second-order valence-corrected chi connectivity index (χ2v) is 9.13. The van der Waals surface area contributed by atoms with Crippen LogP contribution in [0.15, 0.2) is 57.6 Å². The molecule has 0 saturated carbocycles. The van der Waals surface area contributed by atoms with E-state index in [1.54, 1.807) is 41.8 Å². The third-order valence-corrected chi connectivity index (χ3v) is 7.68. The molecule has 0 radical (unpaired) electrons. The van der Waals surface area contributed by atoms with Crippen LogP contribution in [-0.4, -0.2) is 34.6 Å². The summed E-state index contributed by atoms with van der Waals surface area (Å²) >= 11 is 7.86. The van der Waals surface area contributed by atoms with Gasteiger partial charge in [-0.15, -0.1) is 23.7 Å². The van der Waals surface area contributed by atoms with Gasteiger partial charge < -0.3 is 10.2 Å². The van der Waals surface area contributed by atoms with Crippen molar-refractivity contribution in [3.05, 3.63) is 52.9 Å². The summed E-state index contributed by atoms with van der Waals surface area (Å²) in [5.41, 5.74) is 1.06. The molecule has 3 aromatic rings. The maximum absolute atomic E-state index is 13.1. The fourth-order valence-electron chi connectivity index (χ4n) is 3.15. The van der Waals surface area contributed by atoms with Gasteiger partial charge in [-0.3, -0.25) is 0 Å². The topological polar surface area (TPSA) is 49.4 Å². The zero-order chi connectivity index (χ0) is 17.4. The number of rotatable bonds is 3. The highest BCUT2D eigenvalue weighted by Gasteiger charge is 2.25. The van der Waals surface area contributed by atoms with Crippen LogP contribution in [0.5, 0.6) is 0 Å². The van der Waals surface area contributed by atoms with Gasteiger partial charge in [-0.25, -0.2) is 8.42 Å². The number of halogens is 2. The Balaban J connectivity index is 0.00000196. The summed E-state index contributed by atoms with van der Waals surface area (Å²) in [5.74, 6) is 0. The Kier molecular flexibility index (Phi) is 5.79. The van der Waals surface area contributed by atoms with Gasteiger partial charge in [0.2, 0.25) is 9.84 Å². The quantitative estimate of drug-likeness (QED) is 0.678. The molecule has 138 valence electrons. The van der Waals surface area contributed by atoms with E-state index >= 15 is 0 Å². The molecule has 0 spiro atoms. The number of benzene rings is 2. The molecule has 1 aliphatic heterocycles. The molecule has 1 N–H and O–H groups in total. The highest BCUT2D eigenvalue weighted by atomic mass is 35.5. The van der Waals surface area contributed by atoms with Crippen LogP contribution >= 0.6 is 35.3 Å². The van der Waals surface area contributed by atoms with Gasteiger partial charge in [-0.1, -0.05) is 29.8 Å². The van der Waals surface area contributed by atoms with E-state index in [1.807, 2.05) is 6.07 Å². The van der Waals surface area contributed by atoms with Crippen molar-refractivity contribution in [3.8, 4) is 0 Å².